The lowest BCUT2D eigenvalue weighted by Crippen LogP contribution is -1.96. The van der Waals surface area contributed by atoms with Gasteiger partial charge in [0.05, 0.1) is 18.4 Å². The van der Waals surface area contributed by atoms with Gasteiger partial charge < -0.3 is 10.1 Å². The summed E-state index contributed by atoms with van der Waals surface area (Å²) in [5, 5.41) is 12.4. The molecule has 2 rings (SSSR count). The molecule has 18 heavy (non-hydrogen) atoms. The van der Waals surface area contributed by atoms with E-state index in [0.717, 1.165) is 22.7 Å². The van der Waals surface area contributed by atoms with Gasteiger partial charge in [0.1, 0.15) is 11.8 Å². The monoisotopic (exact) mass is 238 g/mol. The van der Waals surface area contributed by atoms with Gasteiger partial charge in [-0.3, -0.25) is 0 Å². The summed E-state index contributed by atoms with van der Waals surface area (Å²) in [6, 6.07) is 15.5. The number of nitriles is 1. The van der Waals surface area contributed by atoms with Gasteiger partial charge >= 0.3 is 0 Å². The van der Waals surface area contributed by atoms with Crippen LogP contribution in [0.4, 0.5) is 11.4 Å². The zero-order valence-corrected chi connectivity index (χ0v) is 10.4. The van der Waals surface area contributed by atoms with Crippen molar-refractivity contribution in [2.75, 3.05) is 12.4 Å². The Morgan fingerprint density at radius 3 is 2.44 bits per heavy atom. The predicted octanol–water partition coefficient (Wildman–Crippen LogP) is 3.62. The number of rotatable bonds is 3. The maximum Gasteiger partial charge on any atom is 0.119 e. The van der Waals surface area contributed by atoms with Gasteiger partial charge in [-0.15, -0.1) is 0 Å². The van der Waals surface area contributed by atoms with Gasteiger partial charge in [-0.1, -0.05) is 12.1 Å². The number of hydrogen-bond donors (Lipinski definition) is 1. The summed E-state index contributed by atoms with van der Waals surface area (Å²) in [5.74, 6) is 0.811. The molecule has 0 aliphatic heterocycles. The summed E-state index contributed by atoms with van der Waals surface area (Å²) in [4.78, 5) is 0. The molecule has 0 aromatic heterocycles. The number of hydrogen-bond acceptors (Lipinski definition) is 3. The number of nitrogens with zero attached hydrogens (tertiary/aromatic N) is 1. The minimum Gasteiger partial charge on any atom is -0.497 e. The fraction of sp³-hybridized carbons (Fsp3) is 0.133. The third kappa shape index (κ3) is 2.44. The average Bonchev–Trinajstić information content (AvgIpc) is 2.42. The van der Waals surface area contributed by atoms with Crippen molar-refractivity contribution >= 4 is 11.4 Å². The Kier molecular flexibility index (Phi) is 3.49. The van der Waals surface area contributed by atoms with Crippen LogP contribution in [0, 0.1) is 18.3 Å². The van der Waals surface area contributed by atoms with Crippen LogP contribution in [-0.4, -0.2) is 7.11 Å². The average molecular weight is 238 g/mol. The molecule has 0 saturated heterocycles. The first-order valence-corrected chi connectivity index (χ1v) is 5.65. The van der Waals surface area contributed by atoms with Crippen molar-refractivity contribution in [2.45, 2.75) is 6.92 Å². The molecule has 0 aliphatic rings. The molecule has 0 radical (unpaired) electrons. The maximum absolute atomic E-state index is 9.09. The van der Waals surface area contributed by atoms with Gasteiger partial charge in [0.2, 0.25) is 0 Å². The topological polar surface area (TPSA) is 45.0 Å². The Bertz CT molecular complexity index is 582. The summed E-state index contributed by atoms with van der Waals surface area (Å²) in [7, 11) is 1.64. The van der Waals surface area contributed by atoms with Crippen molar-refractivity contribution in [3.8, 4) is 11.8 Å². The van der Waals surface area contributed by atoms with E-state index in [9.17, 15) is 0 Å². The van der Waals surface area contributed by atoms with E-state index in [1.807, 2.05) is 43.3 Å². The molecule has 0 atom stereocenters. The molecule has 0 aliphatic carbocycles. The number of nitrogens with one attached hydrogen (secondary N) is 1. The Balaban J connectivity index is 2.31. The summed E-state index contributed by atoms with van der Waals surface area (Å²) in [6.07, 6.45) is 0. The van der Waals surface area contributed by atoms with Gasteiger partial charge in [-0.25, -0.2) is 0 Å². The number of anilines is 2. The molecular formula is C15H14N2O. The fourth-order valence-electron chi connectivity index (χ4n) is 1.75. The first kappa shape index (κ1) is 12.0. The zero-order valence-electron chi connectivity index (χ0n) is 10.4. The number of ether oxygens (including phenoxy) is 1. The number of para-hydroxylation sites is 1. The van der Waals surface area contributed by atoms with Crippen molar-refractivity contribution in [3.63, 3.8) is 0 Å². The van der Waals surface area contributed by atoms with E-state index in [1.54, 1.807) is 13.2 Å². The molecule has 2 aromatic rings. The highest BCUT2D eigenvalue weighted by atomic mass is 16.5. The van der Waals surface area contributed by atoms with Crippen molar-refractivity contribution in [1.82, 2.24) is 0 Å². The fourth-order valence-corrected chi connectivity index (χ4v) is 1.75. The summed E-state index contributed by atoms with van der Waals surface area (Å²) < 4.78 is 5.11. The van der Waals surface area contributed by atoms with Crippen molar-refractivity contribution < 1.29 is 4.74 Å². The van der Waals surface area contributed by atoms with E-state index < -0.39 is 0 Å². The minimum atomic E-state index is 0.644. The van der Waals surface area contributed by atoms with Crippen LogP contribution in [0.25, 0.3) is 0 Å². The van der Waals surface area contributed by atoms with Crippen LogP contribution < -0.4 is 10.1 Å². The Morgan fingerprint density at radius 2 is 1.83 bits per heavy atom. The van der Waals surface area contributed by atoms with Crippen molar-refractivity contribution in [3.05, 3.63) is 53.6 Å². The van der Waals surface area contributed by atoms with Crippen LogP contribution in [0.2, 0.25) is 0 Å². The van der Waals surface area contributed by atoms with Gasteiger partial charge in [0, 0.05) is 5.69 Å². The lowest BCUT2D eigenvalue weighted by atomic mass is 10.1. The second-order valence-corrected chi connectivity index (χ2v) is 3.96. The van der Waals surface area contributed by atoms with Crippen LogP contribution >= 0.6 is 0 Å². The van der Waals surface area contributed by atoms with E-state index in [2.05, 4.69) is 11.4 Å². The van der Waals surface area contributed by atoms with Crippen molar-refractivity contribution in [2.24, 2.45) is 0 Å². The molecule has 0 bridgehead atoms. The Labute approximate surface area is 107 Å². The first-order valence-electron chi connectivity index (χ1n) is 5.65. The van der Waals surface area contributed by atoms with E-state index in [0.29, 0.717) is 5.56 Å². The van der Waals surface area contributed by atoms with Gasteiger partial charge in [-0.05, 0) is 42.8 Å². The lowest BCUT2D eigenvalue weighted by molar-refractivity contribution is 0.415. The number of aryl methyl sites for hydroxylation is 1. The molecule has 90 valence electrons. The second kappa shape index (κ2) is 5.24. The third-order valence-electron chi connectivity index (χ3n) is 2.75. The second-order valence-electron chi connectivity index (χ2n) is 3.96. The Morgan fingerprint density at radius 1 is 1.11 bits per heavy atom. The summed E-state index contributed by atoms with van der Waals surface area (Å²) >= 11 is 0. The van der Waals surface area contributed by atoms with Crippen LogP contribution in [-0.2, 0) is 0 Å². The number of methoxy groups -OCH3 is 1. The lowest BCUT2D eigenvalue weighted by Gasteiger charge is -2.11. The highest BCUT2D eigenvalue weighted by Gasteiger charge is 2.05. The van der Waals surface area contributed by atoms with E-state index >= 15 is 0 Å². The van der Waals surface area contributed by atoms with E-state index in [4.69, 9.17) is 10.00 Å². The smallest absolute Gasteiger partial charge is 0.119 e. The predicted molar refractivity (Wildman–Crippen MR) is 72.2 cm³/mol. The number of benzene rings is 2. The maximum atomic E-state index is 9.09. The molecule has 1 N–H and O–H groups in total. The van der Waals surface area contributed by atoms with Gasteiger partial charge in [-0.2, -0.15) is 5.26 Å². The molecule has 3 heteroatoms. The molecule has 0 saturated carbocycles. The van der Waals surface area contributed by atoms with E-state index in [1.165, 1.54) is 0 Å². The molecule has 3 nitrogen and oxygen atoms in total. The standard InChI is InChI=1S/C15H14N2O/c1-11-4-3-5-12(10-16)15(11)17-13-6-8-14(18-2)9-7-13/h3-9,17H,1-2H3. The zero-order chi connectivity index (χ0) is 13.0. The summed E-state index contributed by atoms with van der Waals surface area (Å²) in [5.41, 5.74) is 3.47. The van der Waals surface area contributed by atoms with Gasteiger partial charge in [0.25, 0.3) is 0 Å². The molecule has 0 heterocycles. The largest absolute Gasteiger partial charge is 0.497 e. The van der Waals surface area contributed by atoms with Crippen molar-refractivity contribution in [1.29, 1.82) is 5.26 Å². The third-order valence-corrected chi connectivity index (χ3v) is 2.75. The van der Waals surface area contributed by atoms with Crippen LogP contribution in [0.3, 0.4) is 0 Å². The van der Waals surface area contributed by atoms with Crippen LogP contribution in [0.5, 0.6) is 5.75 Å². The summed E-state index contributed by atoms with van der Waals surface area (Å²) in [6.45, 7) is 1.98. The highest BCUT2D eigenvalue weighted by Crippen LogP contribution is 2.25. The first-order chi connectivity index (χ1) is 8.74. The molecule has 0 fully saturated rings. The minimum absolute atomic E-state index is 0.644. The molecule has 0 spiro atoms. The molecule has 0 unspecified atom stereocenters. The quantitative estimate of drug-likeness (QED) is 0.888. The Hall–Kier alpha value is -2.47. The highest BCUT2D eigenvalue weighted by molar-refractivity contribution is 5.70. The SMILES string of the molecule is COc1ccc(Nc2c(C)cccc2C#N)cc1. The molecule has 0 amide bonds. The molecule has 2 aromatic carbocycles. The van der Waals surface area contributed by atoms with E-state index in [-0.39, 0.29) is 0 Å². The van der Waals surface area contributed by atoms with Gasteiger partial charge in [0.15, 0.2) is 0 Å². The molecular weight excluding hydrogens is 224 g/mol. The normalized spacial score (nSPS) is 9.61. The van der Waals surface area contributed by atoms with Crippen LogP contribution in [0.1, 0.15) is 11.1 Å². The van der Waals surface area contributed by atoms with Crippen LogP contribution in [0.15, 0.2) is 42.5 Å².